The lowest BCUT2D eigenvalue weighted by Crippen LogP contribution is -2.40. The van der Waals surface area contributed by atoms with Gasteiger partial charge in [0.2, 0.25) is 11.7 Å². The van der Waals surface area contributed by atoms with Crippen LogP contribution in [0.3, 0.4) is 0 Å². The van der Waals surface area contributed by atoms with Gasteiger partial charge >= 0.3 is 6.03 Å². The van der Waals surface area contributed by atoms with Gasteiger partial charge in [0.1, 0.15) is 12.1 Å². The van der Waals surface area contributed by atoms with E-state index in [1.54, 1.807) is 31.2 Å². The zero-order chi connectivity index (χ0) is 21.6. The van der Waals surface area contributed by atoms with Gasteiger partial charge in [-0.3, -0.25) is 9.69 Å². The van der Waals surface area contributed by atoms with E-state index in [4.69, 9.17) is 16.1 Å². The zero-order valence-corrected chi connectivity index (χ0v) is 17.3. The summed E-state index contributed by atoms with van der Waals surface area (Å²) in [6.45, 7) is 1.58. The summed E-state index contributed by atoms with van der Waals surface area (Å²) in [4.78, 5) is 31.3. The summed E-state index contributed by atoms with van der Waals surface area (Å²) < 4.78 is 5.27. The second-order valence-corrected chi connectivity index (χ2v) is 7.96. The fourth-order valence-electron chi connectivity index (χ4n) is 3.71. The minimum Gasteiger partial charge on any atom is -0.337 e. The smallest absolute Gasteiger partial charge is 0.325 e. The second kappa shape index (κ2) is 7.21. The minimum atomic E-state index is -1.18. The molecule has 1 aromatic heterocycles. The standard InChI is InChI=1S/C23H17ClN4O3/c1-23(17-9-6-14-4-2-3-5-16(14)12-17)21(29)28(22(30)26-23)13-19-25-20(27-31-19)15-7-10-18(24)11-8-15/h2-12H,13H2,1H3,(H,26,30). The molecule has 8 heteroatoms. The molecule has 2 heterocycles. The Hall–Kier alpha value is -3.71. The van der Waals surface area contributed by atoms with Crippen molar-refractivity contribution in [3.63, 3.8) is 0 Å². The molecule has 0 radical (unpaired) electrons. The Kier molecular flexibility index (Phi) is 4.48. The van der Waals surface area contributed by atoms with Crippen LogP contribution >= 0.6 is 11.6 Å². The van der Waals surface area contributed by atoms with Crippen molar-refractivity contribution in [1.82, 2.24) is 20.4 Å². The van der Waals surface area contributed by atoms with Crippen LogP contribution in [0.1, 0.15) is 18.4 Å². The predicted molar refractivity (Wildman–Crippen MR) is 115 cm³/mol. The third kappa shape index (κ3) is 3.33. The Labute approximate surface area is 182 Å². The van der Waals surface area contributed by atoms with E-state index in [2.05, 4.69) is 15.5 Å². The first-order chi connectivity index (χ1) is 14.9. The first kappa shape index (κ1) is 19.3. The topological polar surface area (TPSA) is 88.3 Å². The van der Waals surface area contributed by atoms with Crippen LogP contribution in [0.15, 0.2) is 71.3 Å². The number of carbonyl (C=O) groups is 2. The number of rotatable bonds is 4. The SMILES string of the molecule is CC1(c2ccc3ccccc3c2)NC(=O)N(Cc2nc(-c3ccc(Cl)cc3)no2)C1=O. The van der Waals surface area contributed by atoms with Gasteiger partial charge in [-0.2, -0.15) is 4.98 Å². The summed E-state index contributed by atoms with van der Waals surface area (Å²) in [6, 6.07) is 20.0. The molecule has 1 atom stereocenters. The molecule has 1 fully saturated rings. The molecule has 1 aliphatic heterocycles. The maximum Gasteiger partial charge on any atom is 0.325 e. The number of carbonyl (C=O) groups excluding carboxylic acids is 2. The molecule has 31 heavy (non-hydrogen) atoms. The van der Waals surface area contributed by atoms with Gasteiger partial charge in [0.05, 0.1) is 0 Å². The first-order valence-corrected chi connectivity index (χ1v) is 10.0. The molecule has 3 aromatic carbocycles. The van der Waals surface area contributed by atoms with E-state index in [9.17, 15) is 9.59 Å². The average molecular weight is 433 g/mol. The number of nitrogens with zero attached hydrogens (tertiary/aromatic N) is 3. The summed E-state index contributed by atoms with van der Waals surface area (Å²) >= 11 is 5.91. The van der Waals surface area contributed by atoms with E-state index in [-0.39, 0.29) is 18.3 Å². The summed E-state index contributed by atoms with van der Waals surface area (Å²) in [5.41, 5.74) is 0.247. The molecule has 1 aliphatic rings. The van der Waals surface area contributed by atoms with Crippen LogP contribution in [0.25, 0.3) is 22.2 Å². The molecule has 1 unspecified atom stereocenters. The normalized spacial score (nSPS) is 18.6. The number of fused-ring (bicyclic) bond motifs is 1. The zero-order valence-electron chi connectivity index (χ0n) is 16.5. The number of nitrogens with one attached hydrogen (secondary N) is 1. The van der Waals surface area contributed by atoms with E-state index < -0.39 is 11.6 Å². The Morgan fingerprint density at radius 2 is 1.77 bits per heavy atom. The number of halogens is 1. The maximum atomic E-state index is 13.2. The highest BCUT2D eigenvalue weighted by molar-refractivity contribution is 6.30. The molecule has 3 amide bonds. The highest BCUT2D eigenvalue weighted by Gasteiger charge is 2.49. The Bertz CT molecular complexity index is 1320. The lowest BCUT2D eigenvalue weighted by molar-refractivity contribution is -0.131. The van der Waals surface area contributed by atoms with Crippen LogP contribution in [0.2, 0.25) is 5.02 Å². The minimum absolute atomic E-state index is 0.117. The molecular formula is C23H17ClN4O3. The Morgan fingerprint density at radius 3 is 2.55 bits per heavy atom. The molecule has 154 valence electrons. The van der Waals surface area contributed by atoms with Crippen LogP contribution in [0.5, 0.6) is 0 Å². The van der Waals surface area contributed by atoms with Gasteiger partial charge in [0.25, 0.3) is 5.91 Å². The summed E-state index contributed by atoms with van der Waals surface area (Å²) in [5, 5.41) is 9.40. The second-order valence-electron chi connectivity index (χ2n) is 7.53. The number of urea groups is 1. The maximum absolute atomic E-state index is 13.2. The number of aromatic nitrogens is 2. The van der Waals surface area contributed by atoms with Crippen molar-refractivity contribution in [3.05, 3.63) is 83.2 Å². The van der Waals surface area contributed by atoms with Crippen molar-refractivity contribution in [2.24, 2.45) is 0 Å². The number of imide groups is 1. The fraction of sp³-hybridized carbons (Fsp3) is 0.130. The molecular weight excluding hydrogens is 416 g/mol. The van der Waals surface area contributed by atoms with Gasteiger partial charge < -0.3 is 9.84 Å². The van der Waals surface area contributed by atoms with E-state index in [0.29, 0.717) is 16.4 Å². The molecule has 0 bridgehead atoms. The number of hydrogen-bond acceptors (Lipinski definition) is 5. The summed E-state index contributed by atoms with van der Waals surface area (Å²) in [5.74, 6) is 0.145. The van der Waals surface area contributed by atoms with Crippen LogP contribution in [-0.2, 0) is 16.9 Å². The molecule has 1 saturated heterocycles. The van der Waals surface area contributed by atoms with Crippen LogP contribution < -0.4 is 5.32 Å². The first-order valence-electron chi connectivity index (χ1n) is 9.66. The summed E-state index contributed by atoms with van der Waals surface area (Å²) in [6.07, 6.45) is 0. The van der Waals surface area contributed by atoms with Gasteiger partial charge in [-0.05, 0) is 53.6 Å². The van der Waals surface area contributed by atoms with Crippen molar-refractivity contribution < 1.29 is 14.1 Å². The fourth-order valence-corrected chi connectivity index (χ4v) is 3.83. The molecule has 0 spiro atoms. The monoisotopic (exact) mass is 432 g/mol. The van der Waals surface area contributed by atoms with Crippen molar-refractivity contribution in [1.29, 1.82) is 0 Å². The van der Waals surface area contributed by atoms with E-state index in [1.165, 1.54) is 0 Å². The van der Waals surface area contributed by atoms with Crippen molar-refractivity contribution in [2.75, 3.05) is 0 Å². The molecule has 0 aliphatic carbocycles. The highest BCUT2D eigenvalue weighted by atomic mass is 35.5. The van der Waals surface area contributed by atoms with Crippen LogP contribution in [0.4, 0.5) is 4.79 Å². The van der Waals surface area contributed by atoms with E-state index in [0.717, 1.165) is 21.2 Å². The molecule has 7 nitrogen and oxygen atoms in total. The quantitative estimate of drug-likeness (QED) is 0.479. The van der Waals surface area contributed by atoms with Crippen LogP contribution in [-0.4, -0.2) is 27.0 Å². The Balaban J connectivity index is 1.40. The van der Waals surface area contributed by atoms with Gasteiger partial charge in [0.15, 0.2) is 0 Å². The predicted octanol–water partition coefficient (Wildman–Crippen LogP) is 4.51. The molecule has 1 N–H and O–H groups in total. The van der Waals surface area contributed by atoms with Gasteiger partial charge in [-0.15, -0.1) is 0 Å². The third-order valence-electron chi connectivity index (χ3n) is 5.47. The third-order valence-corrected chi connectivity index (χ3v) is 5.72. The summed E-state index contributed by atoms with van der Waals surface area (Å²) in [7, 11) is 0. The molecule has 4 aromatic rings. The largest absolute Gasteiger partial charge is 0.337 e. The molecule has 5 rings (SSSR count). The van der Waals surface area contributed by atoms with Gasteiger partial charge in [0, 0.05) is 10.6 Å². The van der Waals surface area contributed by atoms with Gasteiger partial charge in [-0.25, -0.2) is 4.79 Å². The lowest BCUT2D eigenvalue weighted by atomic mass is 9.90. The average Bonchev–Trinajstić information content (AvgIpc) is 3.33. The van der Waals surface area contributed by atoms with E-state index in [1.807, 2.05) is 42.5 Å². The highest BCUT2D eigenvalue weighted by Crippen LogP contribution is 2.32. The molecule has 0 saturated carbocycles. The van der Waals surface area contributed by atoms with Crippen molar-refractivity contribution in [2.45, 2.75) is 19.0 Å². The van der Waals surface area contributed by atoms with Crippen LogP contribution in [0, 0.1) is 0 Å². The van der Waals surface area contributed by atoms with E-state index >= 15 is 0 Å². The number of hydrogen-bond donors (Lipinski definition) is 1. The lowest BCUT2D eigenvalue weighted by Gasteiger charge is -2.22. The number of benzene rings is 3. The van der Waals surface area contributed by atoms with Gasteiger partial charge in [-0.1, -0.05) is 53.2 Å². The van der Waals surface area contributed by atoms with Crippen molar-refractivity contribution >= 4 is 34.3 Å². The Morgan fingerprint density at radius 1 is 1.03 bits per heavy atom. The number of amides is 3. The van der Waals surface area contributed by atoms with Crippen molar-refractivity contribution in [3.8, 4) is 11.4 Å².